The lowest BCUT2D eigenvalue weighted by Crippen LogP contribution is -2.52. The molecule has 2 rings (SSSR count). The van der Waals surface area contributed by atoms with Crippen LogP contribution in [0.5, 0.6) is 0 Å². The van der Waals surface area contributed by atoms with E-state index in [4.69, 9.17) is 11.6 Å². The Bertz CT molecular complexity index is 1100. The maximum absolute atomic E-state index is 13.0. The van der Waals surface area contributed by atoms with Gasteiger partial charge in [0.05, 0.1) is 20.5 Å². The summed E-state index contributed by atoms with van der Waals surface area (Å²) >= 11 is 7.62. The number of sulfone groups is 1. The Morgan fingerprint density at radius 1 is 1.09 bits per heavy atom. The smallest absolute Gasteiger partial charge is 0.373 e. The topological polar surface area (TPSA) is 86.7 Å². The summed E-state index contributed by atoms with van der Waals surface area (Å²) in [6, 6.07) is 9.56. The third-order valence-corrected chi connectivity index (χ3v) is 8.27. The summed E-state index contributed by atoms with van der Waals surface area (Å²) in [7, 11) is -3.96. The van der Waals surface area contributed by atoms with Gasteiger partial charge < -0.3 is 15.3 Å². The van der Waals surface area contributed by atoms with Gasteiger partial charge in [-0.05, 0) is 62.5 Å². The third kappa shape index (κ3) is 6.66. The van der Waals surface area contributed by atoms with Gasteiger partial charge in [0, 0.05) is 17.2 Å². The summed E-state index contributed by atoms with van der Waals surface area (Å²) in [6.45, 7) is 7.32. The highest BCUT2D eigenvalue weighted by Crippen LogP contribution is 2.33. The number of hydrogen-bond acceptors (Lipinski definition) is 6. The van der Waals surface area contributed by atoms with Crippen LogP contribution in [-0.2, 0) is 14.6 Å². The second-order valence-electron chi connectivity index (χ2n) is 7.52. The van der Waals surface area contributed by atoms with Crippen LogP contribution in [0.4, 0.5) is 18.9 Å². The molecular weight excluding hydrogens is 513 g/mol. The number of nitrogens with one attached hydrogen (secondary N) is 1. The van der Waals surface area contributed by atoms with Crippen molar-refractivity contribution in [2.24, 2.45) is 0 Å². The Kier molecular flexibility index (Phi) is 9.45. The van der Waals surface area contributed by atoms with Crippen LogP contribution in [0.3, 0.4) is 0 Å². The molecule has 2 aromatic carbocycles. The molecule has 6 nitrogen and oxygen atoms in total. The van der Waals surface area contributed by atoms with Crippen molar-refractivity contribution in [3.63, 3.8) is 0 Å². The van der Waals surface area contributed by atoms with E-state index in [-0.39, 0.29) is 20.5 Å². The van der Waals surface area contributed by atoms with Crippen LogP contribution in [0.1, 0.15) is 20.8 Å². The van der Waals surface area contributed by atoms with Crippen molar-refractivity contribution >= 4 is 44.8 Å². The highest BCUT2D eigenvalue weighted by atomic mass is 35.5. The van der Waals surface area contributed by atoms with E-state index in [2.05, 4.69) is 18.7 Å². The normalized spacial score (nSPS) is 14.1. The van der Waals surface area contributed by atoms with Crippen molar-refractivity contribution in [1.29, 1.82) is 0 Å². The van der Waals surface area contributed by atoms with Gasteiger partial charge in [-0.15, -0.1) is 11.8 Å². The summed E-state index contributed by atoms with van der Waals surface area (Å²) in [4.78, 5) is 14.9. The second kappa shape index (κ2) is 11.3. The van der Waals surface area contributed by atoms with Crippen molar-refractivity contribution in [3.8, 4) is 0 Å². The molecule has 1 amide bonds. The van der Waals surface area contributed by atoms with Gasteiger partial charge >= 0.3 is 6.18 Å². The quantitative estimate of drug-likeness (QED) is 0.420. The molecule has 0 aliphatic carbocycles. The average Bonchev–Trinajstić information content (AvgIpc) is 2.77. The number of carbonyl (C=O) groups is 1. The number of benzene rings is 2. The number of rotatable bonds is 10. The molecule has 0 aromatic heterocycles. The van der Waals surface area contributed by atoms with Crippen LogP contribution in [-0.4, -0.2) is 61.5 Å². The van der Waals surface area contributed by atoms with Crippen LogP contribution < -0.4 is 5.32 Å². The van der Waals surface area contributed by atoms with E-state index in [1.807, 2.05) is 5.32 Å². The largest absolute Gasteiger partial charge is 0.426 e. The summed E-state index contributed by atoms with van der Waals surface area (Å²) in [5, 5.41) is 11.0. The van der Waals surface area contributed by atoms with Gasteiger partial charge in [-0.25, -0.2) is 8.42 Å². The maximum atomic E-state index is 13.0. The van der Waals surface area contributed by atoms with Crippen LogP contribution in [0.2, 0.25) is 5.02 Å². The van der Waals surface area contributed by atoms with Gasteiger partial charge in [-0.2, -0.15) is 13.2 Å². The summed E-state index contributed by atoms with van der Waals surface area (Å²) in [6.07, 6.45) is -5.21. The molecule has 0 aliphatic heterocycles. The SMILES string of the molecule is CCN(CC)CCSc1ccc(S(=O)(=O)c2ccc(NC(=O)[C@@](C)(O)C(F)(F)F)c(Cl)c2)cc1. The van der Waals surface area contributed by atoms with Crippen molar-refractivity contribution in [2.75, 3.05) is 30.7 Å². The molecule has 0 spiro atoms. The van der Waals surface area contributed by atoms with Crippen LogP contribution >= 0.6 is 23.4 Å². The van der Waals surface area contributed by atoms with E-state index in [1.165, 1.54) is 12.1 Å². The van der Waals surface area contributed by atoms with Gasteiger partial charge in [-0.3, -0.25) is 4.79 Å². The first-order valence-electron chi connectivity index (χ1n) is 10.3. The predicted octanol–water partition coefficient (Wildman–Crippen LogP) is 4.86. The van der Waals surface area contributed by atoms with Crippen molar-refractivity contribution in [1.82, 2.24) is 4.90 Å². The molecule has 0 fully saturated rings. The van der Waals surface area contributed by atoms with Crippen molar-refractivity contribution in [3.05, 3.63) is 47.5 Å². The Morgan fingerprint density at radius 2 is 1.65 bits per heavy atom. The number of halogens is 4. The minimum absolute atomic E-state index is 0.0217. The molecule has 12 heteroatoms. The van der Waals surface area contributed by atoms with Gasteiger partial charge in [0.15, 0.2) is 0 Å². The first kappa shape index (κ1) is 28.4. The molecule has 0 saturated heterocycles. The number of carbonyl (C=O) groups excluding carboxylic acids is 1. The fourth-order valence-corrected chi connectivity index (χ4v) is 5.31. The zero-order valence-electron chi connectivity index (χ0n) is 18.8. The monoisotopic (exact) mass is 538 g/mol. The molecule has 0 unspecified atom stereocenters. The summed E-state index contributed by atoms with van der Waals surface area (Å²) in [5.41, 5.74) is -3.92. The first-order valence-corrected chi connectivity index (χ1v) is 13.2. The van der Waals surface area contributed by atoms with Gasteiger partial charge in [0.1, 0.15) is 0 Å². The fourth-order valence-electron chi connectivity index (χ4n) is 2.82. The number of amides is 1. The number of hydrogen-bond donors (Lipinski definition) is 2. The molecule has 0 saturated carbocycles. The number of thioether (sulfide) groups is 1. The van der Waals surface area contributed by atoms with Crippen molar-refractivity contribution in [2.45, 2.75) is 47.2 Å². The first-order chi connectivity index (χ1) is 15.7. The van der Waals surface area contributed by atoms with Gasteiger partial charge in [0.2, 0.25) is 15.4 Å². The minimum Gasteiger partial charge on any atom is -0.373 e. The number of aliphatic hydroxyl groups is 1. The predicted molar refractivity (Wildman–Crippen MR) is 127 cm³/mol. The Labute approximate surface area is 206 Å². The van der Waals surface area contributed by atoms with E-state index in [0.717, 1.165) is 48.5 Å². The zero-order valence-corrected chi connectivity index (χ0v) is 21.2. The summed E-state index contributed by atoms with van der Waals surface area (Å²) < 4.78 is 64.4. The Hall–Kier alpha value is -1.79. The van der Waals surface area contributed by atoms with Crippen LogP contribution in [0.25, 0.3) is 0 Å². The maximum Gasteiger partial charge on any atom is 0.426 e. The molecular formula is C22H26ClF3N2O4S2. The lowest BCUT2D eigenvalue weighted by Gasteiger charge is -2.25. The summed E-state index contributed by atoms with van der Waals surface area (Å²) in [5.74, 6) is -0.885. The second-order valence-corrected chi connectivity index (χ2v) is 11.0. The fraction of sp³-hybridized carbons (Fsp3) is 0.409. The highest BCUT2D eigenvalue weighted by molar-refractivity contribution is 7.99. The van der Waals surface area contributed by atoms with Gasteiger partial charge in [-0.1, -0.05) is 25.4 Å². The molecule has 2 N–H and O–H groups in total. The number of anilines is 1. The Balaban J connectivity index is 2.15. The number of nitrogens with zero attached hydrogens (tertiary/aromatic N) is 1. The zero-order chi connectivity index (χ0) is 25.7. The van der Waals surface area contributed by atoms with E-state index in [1.54, 1.807) is 23.9 Å². The molecule has 0 bridgehead atoms. The van der Waals surface area contributed by atoms with E-state index < -0.39 is 27.5 Å². The minimum atomic E-state index is -5.21. The molecule has 1 atom stereocenters. The number of alkyl halides is 3. The lowest BCUT2D eigenvalue weighted by atomic mass is 10.1. The Morgan fingerprint density at radius 3 is 2.15 bits per heavy atom. The molecule has 0 heterocycles. The van der Waals surface area contributed by atoms with E-state index >= 15 is 0 Å². The van der Waals surface area contributed by atoms with E-state index in [9.17, 15) is 31.5 Å². The molecule has 0 radical (unpaired) electrons. The lowest BCUT2D eigenvalue weighted by molar-refractivity contribution is -0.242. The van der Waals surface area contributed by atoms with Gasteiger partial charge in [0.25, 0.3) is 5.91 Å². The van der Waals surface area contributed by atoms with Crippen LogP contribution in [0, 0.1) is 0 Å². The van der Waals surface area contributed by atoms with Crippen molar-refractivity contribution < 1.29 is 31.5 Å². The average molecular weight is 539 g/mol. The van der Waals surface area contributed by atoms with E-state index in [0.29, 0.717) is 6.92 Å². The molecule has 2 aromatic rings. The molecule has 0 aliphatic rings. The molecule has 34 heavy (non-hydrogen) atoms. The third-order valence-electron chi connectivity index (χ3n) is 5.20. The highest BCUT2D eigenvalue weighted by Gasteiger charge is 2.55. The van der Waals surface area contributed by atoms with Crippen LogP contribution in [0.15, 0.2) is 57.2 Å². The standard InChI is InChI=1S/C22H26ClF3N2O4S2/c1-4-28(5-2)12-13-33-15-6-8-16(9-7-15)34(31,32)17-10-11-19(18(23)14-17)27-20(29)21(3,30)22(24,25)26/h6-11,14,30H,4-5,12-13H2,1-3H3,(H,27,29)/t21-/m1/s1. The molecule has 188 valence electrons.